The Morgan fingerprint density at radius 3 is 2.57 bits per heavy atom. The van der Waals surface area contributed by atoms with E-state index >= 15 is 0 Å². The number of hydrogen-bond donors (Lipinski definition) is 2. The summed E-state index contributed by atoms with van der Waals surface area (Å²) in [4.78, 5) is 12.2. The molecule has 1 aliphatic rings. The van der Waals surface area contributed by atoms with E-state index in [0.29, 0.717) is 17.0 Å². The van der Waals surface area contributed by atoms with Crippen LogP contribution in [-0.2, 0) is 11.3 Å². The Balaban J connectivity index is 2.05. The SMILES string of the molecule is Cc1nn(CC(F)(F)F)c(C)c1C(C)C(=O)NCC(O)C1CC1. The van der Waals surface area contributed by atoms with E-state index in [2.05, 4.69) is 10.4 Å². The molecule has 0 aliphatic heterocycles. The second-order valence-electron chi connectivity index (χ2n) is 6.23. The second kappa shape index (κ2) is 6.51. The van der Waals surface area contributed by atoms with Crippen LogP contribution in [0.5, 0.6) is 0 Å². The van der Waals surface area contributed by atoms with Crippen molar-refractivity contribution in [3.8, 4) is 0 Å². The molecule has 130 valence electrons. The topological polar surface area (TPSA) is 67.2 Å². The van der Waals surface area contributed by atoms with E-state index in [1.54, 1.807) is 13.8 Å². The van der Waals surface area contributed by atoms with Gasteiger partial charge in [0.25, 0.3) is 0 Å². The van der Waals surface area contributed by atoms with Crippen LogP contribution in [0, 0.1) is 19.8 Å². The van der Waals surface area contributed by atoms with Gasteiger partial charge in [-0.05, 0) is 39.5 Å². The van der Waals surface area contributed by atoms with Crippen LogP contribution in [0.3, 0.4) is 0 Å². The van der Waals surface area contributed by atoms with Crippen LogP contribution < -0.4 is 5.32 Å². The van der Waals surface area contributed by atoms with Crippen molar-refractivity contribution in [3.63, 3.8) is 0 Å². The number of hydrogen-bond acceptors (Lipinski definition) is 3. The van der Waals surface area contributed by atoms with Crippen molar-refractivity contribution in [2.24, 2.45) is 5.92 Å². The summed E-state index contributed by atoms with van der Waals surface area (Å²) in [5, 5.41) is 16.3. The first-order chi connectivity index (χ1) is 10.6. The van der Waals surface area contributed by atoms with Crippen molar-refractivity contribution < 1.29 is 23.1 Å². The number of carbonyl (C=O) groups excluding carboxylic acids is 1. The molecule has 0 aromatic carbocycles. The van der Waals surface area contributed by atoms with Crippen LogP contribution in [0.15, 0.2) is 0 Å². The maximum atomic E-state index is 12.5. The van der Waals surface area contributed by atoms with Gasteiger partial charge in [0.15, 0.2) is 0 Å². The zero-order chi connectivity index (χ0) is 17.4. The molecule has 8 heteroatoms. The number of aliphatic hydroxyl groups is 1. The minimum atomic E-state index is -4.36. The summed E-state index contributed by atoms with van der Waals surface area (Å²) in [7, 11) is 0. The fourth-order valence-electron chi connectivity index (χ4n) is 2.80. The molecule has 2 N–H and O–H groups in total. The largest absolute Gasteiger partial charge is 0.408 e. The molecule has 2 rings (SSSR count). The molecule has 5 nitrogen and oxygen atoms in total. The van der Waals surface area contributed by atoms with Crippen molar-refractivity contribution in [2.45, 2.75) is 58.4 Å². The van der Waals surface area contributed by atoms with Crippen molar-refractivity contribution in [2.75, 3.05) is 6.54 Å². The van der Waals surface area contributed by atoms with E-state index in [-0.39, 0.29) is 18.4 Å². The predicted octanol–water partition coefficient (Wildman–Crippen LogP) is 2.05. The molecule has 23 heavy (non-hydrogen) atoms. The van der Waals surface area contributed by atoms with Crippen LogP contribution in [0.1, 0.15) is 42.6 Å². The van der Waals surface area contributed by atoms with Crippen molar-refractivity contribution in [1.29, 1.82) is 0 Å². The molecule has 1 aliphatic carbocycles. The lowest BCUT2D eigenvalue weighted by molar-refractivity contribution is -0.143. The van der Waals surface area contributed by atoms with Crippen LogP contribution in [0.25, 0.3) is 0 Å². The molecule has 1 amide bonds. The Kier molecular flexibility index (Phi) is 5.03. The first kappa shape index (κ1) is 17.8. The number of aliphatic hydroxyl groups excluding tert-OH is 1. The summed E-state index contributed by atoms with van der Waals surface area (Å²) in [6.07, 6.45) is -2.98. The molecule has 1 aromatic rings. The Morgan fingerprint density at radius 2 is 2.04 bits per heavy atom. The second-order valence-corrected chi connectivity index (χ2v) is 6.23. The van der Waals surface area contributed by atoms with E-state index in [1.165, 1.54) is 6.92 Å². The van der Waals surface area contributed by atoms with Gasteiger partial charge in [0.05, 0.1) is 17.7 Å². The average Bonchev–Trinajstić information content (AvgIpc) is 3.22. The molecule has 1 aromatic heterocycles. The third-order valence-electron chi connectivity index (χ3n) is 4.24. The zero-order valence-corrected chi connectivity index (χ0v) is 13.4. The molecule has 0 spiro atoms. The van der Waals surface area contributed by atoms with Crippen LogP contribution >= 0.6 is 0 Å². The van der Waals surface area contributed by atoms with Gasteiger partial charge >= 0.3 is 6.18 Å². The minimum absolute atomic E-state index is 0.169. The number of halogens is 3. The molecule has 0 bridgehead atoms. The molecule has 0 saturated heterocycles. The molecule has 1 fully saturated rings. The van der Waals surface area contributed by atoms with Gasteiger partial charge in [0, 0.05) is 17.8 Å². The smallest absolute Gasteiger partial charge is 0.391 e. The van der Waals surface area contributed by atoms with E-state index in [9.17, 15) is 23.1 Å². The van der Waals surface area contributed by atoms with Gasteiger partial charge in [-0.15, -0.1) is 0 Å². The summed E-state index contributed by atoms with van der Waals surface area (Å²) in [5.41, 5.74) is 1.26. The standard InChI is InChI=1S/C15H22F3N3O2/c1-8(14(23)19-6-12(22)11-4-5-11)13-9(2)20-21(10(13)3)7-15(16,17)18/h8,11-12,22H,4-7H2,1-3H3,(H,19,23). The van der Waals surface area contributed by atoms with Gasteiger partial charge in [0.2, 0.25) is 5.91 Å². The van der Waals surface area contributed by atoms with Crippen molar-refractivity contribution in [1.82, 2.24) is 15.1 Å². The zero-order valence-electron chi connectivity index (χ0n) is 13.4. The minimum Gasteiger partial charge on any atom is -0.391 e. The third-order valence-corrected chi connectivity index (χ3v) is 4.24. The first-order valence-corrected chi connectivity index (χ1v) is 7.66. The number of nitrogens with zero attached hydrogens (tertiary/aromatic N) is 2. The van der Waals surface area contributed by atoms with E-state index in [1.807, 2.05) is 0 Å². The monoisotopic (exact) mass is 333 g/mol. The quantitative estimate of drug-likeness (QED) is 0.837. The van der Waals surface area contributed by atoms with Gasteiger partial charge in [0.1, 0.15) is 6.54 Å². The van der Waals surface area contributed by atoms with E-state index < -0.39 is 24.7 Å². The Labute approximate surface area is 132 Å². The number of aromatic nitrogens is 2. The molecule has 2 atom stereocenters. The molecular formula is C15H22F3N3O2. The lowest BCUT2D eigenvalue weighted by atomic mass is 9.98. The predicted molar refractivity (Wildman–Crippen MR) is 77.9 cm³/mol. The van der Waals surface area contributed by atoms with Gasteiger partial charge in [-0.1, -0.05) is 0 Å². The van der Waals surface area contributed by atoms with Crippen LogP contribution in [0.4, 0.5) is 13.2 Å². The summed E-state index contributed by atoms with van der Waals surface area (Å²) >= 11 is 0. The van der Waals surface area contributed by atoms with Gasteiger partial charge in [-0.3, -0.25) is 9.48 Å². The number of alkyl halides is 3. The number of carbonyl (C=O) groups is 1. The highest BCUT2D eigenvalue weighted by Crippen LogP contribution is 2.32. The lowest BCUT2D eigenvalue weighted by Crippen LogP contribution is -2.35. The van der Waals surface area contributed by atoms with E-state index in [4.69, 9.17) is 0 Å². The third kappa shape index (κ3) is 4.46. The number of rotatable bonds is 6. The summed E-state index contributed by atoms with van der Waals surface area (Å²) in [6.45, 7) is 3.76. The summed E-state index contributed by atoms with van der Waals surface area (Å²) < 4.78 is 38.5. The molecule has 1 heterocycles. The van der Waals surface area contributed by atoms with Gasteiger partial charge in [-0.25, -0.2) is 0 Å². The number of aryl methyl sites for hydroxylation is 1. The van der Waals surface area contributed by atoms with E-state index in [0.717, 1.165) is 17.5 Å². The van der Waals surface area contributed by atoms with Gasteiger partial charge < -0.3 is 10.4 Å². The first-order valence-electron chi connectivity index (χ1n) is 7.66. The van der Waals surface area contributed by atoms with Crippen molar-refractivity contribution in [3.05, 3.63) is 17.0 Å². The lowest BCUT2D eigenvalue weighted by Gasteiger charge is -2.16. The Hall–Kier alpha value is -1.57. The molecule has 0 radical (unpaired) electrons. The average molecular weight is 333 g/mol. The molecule has 1 saturated carbocycles. The van der Waals surface area contributed by atoms with Gasteiger partial charge in [-0.2, -0.15) is 18.3 Å². The molecular weight excluding hydrogens is 311 g/mol. The molecule has 2 unspecified atom stereocenters. The van der Waals surface area contributed by atoms with Crippen molar-refractivity contribution >= 4 is 5.91 Å². The number of amides is 1. The maximum absolute atomic E-state index is 12.5. The van der Waals surface area contributed by atoms with Crippen LogP contribution in [-0.4, -0.2) is 39.6 Å². The van der Waals surface area contributed by atoms with Crippen LogP contribution in [0.2, 0.25) is 0 Å². The highest BCUT2D eigenvalue weighted by atomic mass is 19.4. The summed E-state index contributed by atoms with van der Waals surface area (Å²) in [5.74, 6) is -0.686. The fraction of sp³-hybridized carbons (Fsp3) is 0.733. The normalized spacial score (nSPS) is 17.9. The highest BCUT2D eigenvalue weighted by molar-refractivity contribution is 5.83. The summed E-state index contributed by atoms with van der Waals surface area (Å²) in [6, 6.07) is 0. The maximum Gasteiger partial charge on any atom is 0.408 e. The Morgan fingerprint density at radius 1 is 1.43 bits per heavy atom. The Bertz CT molecular complexity index is 579. The highest BCUT2D eigenvalue weighted by Gasteiger charge is 2.33. The fourth-order valence-corrected chi connectivity index (χ4v) is 2.80. The number of nitrogens with one attached hydrogen (secondary N) is 1.